The molecule has 5 nitrogen and oxygen atoms in total. The molecule has 0 radical (unpaired) electrons. The second kappa shape index (κ2) is 4.36. The van der Waals surface area contributed by atoms with Crippen LogP contribution >= 0.6 is 15.9 Å². The van der Waals surface area contributed by atoms with Gasteiger partial charge in [0.1, 0.15) is 16.5 Å². The highest BCUT2D eigenvalue weighted by Gasteiger charge is 2.19. The number of sulfone groups is 1. The van der Waals surface area contributed by atoms with Gasteiger partial charge < -0.3 is 5.73 Å². The molecule has 0 spiro atoms. The number of aromatic amines is 1. The number of nitrogen functional groups attached to an aromatic ring is 1. The van der Waals surface area contributed by atoms with Gasteiger partial charge in [-0.1, -0.05) is 0 Å². The first-order valence-electron chi connectivity index (χ1n) is 4.79. The molecule has 0 bridgehead atoms. The average molecular weight is 334 g/mol. The van der Waals surface area contributed by atoms with Crippen molar-refractivity contribution in [2.45, 2.75) is 4.90 Å². The molecule has 1 heterocycles. The van der Waals surface area contributed by atoms with Gasteiger partial charge in [0.25, 0.3) is 0 Å². The lowest BCUT2D eigenvalue weighted by molar-refractivity contribution is 0.569. The third kappa shape index (κ3) is 2.39. The first kappa shape index (κ1) is 13.0. The van der Waals surface area contributed by atoms with Gasteiger partial charge in [0.15, 0.2) is 9.84 Å². The van der Waals surface area contributed by atoms with Crippen LogP contribution in [0.15, 0.2) is 27.6 Å². The molecular formula is C10H9BrFN3O2S. The Bertz CT molecular complexity index is 689. The number of hydrogen-bond donors (Lipinski definition) is 2. The number of rotatable bonds is 2. The topological polar surface area (TPSA) is 88.8 Å². The lowest BCUT2D eigenvalue weighted by Crippen LogP contribution is -2.02. The second-order valence-corrected chi connectivity index (χ2v) is 6.55. The van der Waals surface area contributed by atoms with Crippen molar-refractivity contribution >= 4 is 31.6 Å². The monoisotopic (exact) mass is 333 g/mol. The number of anilines is 1. The van der Waals surface area contributed by atoms with Crippen LogP contribution in [0.5, 0.6) is 0 Å². The first-order chi connectivity index (χ1) is 8.29. The summed E-state index contributed by atoms with van der Waals surface area (Å²) in [5.41, 5.74) is 6.41. The van der Waals surface area contributed by atoms with E-state index < -0.39 is 15.7 Å². The predicted octanol–water partition coefficient (Wildman–Crippen LogP) is 1.96. The molecule has 2 aromatic rings. The summed E-state index contributed by atoms with van der Waals surface area (Å²) in [4.78, 5) is -0.362. The molecule has 0 saturated carbocycles. The van der Waals surface area contributed by atoms with Gasteiger partial charge in [-0.2, -0.15) is 5.10 Å². The SMILES string of the molecule is CS(=O)(=O)c1c(F)cc(-c2cc(N)n[nH]2)cc1Br. The molecule has 3 N–H and O–H groups in total. The zero-order valence-corrected chi connectivity index (χ0v) is 11.6. The van der Waals surface area contributed by atoms with Crippen LogP contribution in [0, 0.1) is 5.82 Å². The molecule has 2 rings (SSSR count). The third-order valence-corrected chi connectivity index (χ3v) is 4.32. The van der Waals surface area contributed by atoms with Gasteiger partial charge in [-0.25, -0.2) is 12.8 Å². The molecule has 1 aromatic heterocycles. The number of nitrogens with two attached hydrogens (primary N) is 1. The molecule has 8 heteroatoms. The molecule has 0 amide bonds. The van der Waals surface area contributed by atoms with Crippen LogP contribution in [0.25, 0.3) is 11.3 Å². The lowest BCUT2D eigenvalue weighted by Gasteiger charge is -2.06. The fourth-order valence-corrected chi connectivity index (χ4v) is 3.70. The van der Waals surface area contributed by atoms with E-state index in [1.807, 2.05) is 0 Å². The standard InChI is InChI=1S/C10H9BrFN3O2S/c1-18(16,17)10-6(11)2-5(3-7(10)12)8-4-9(13)15-14-8/h2-4H,1H3,(H3,13,14,15). The number of halogens is 2. The summed E-state index contributed by atoms with van der Waals surface area (Å²) in [7, 11) is -3.63. The lowest BCUT2D eigenvalue weighted by atomic mass is 10.1. The van der Waals surface area contributed by atoms with Crippen LogP contribution in [-0.2, 0) is 9.84 Å². The molecule has 0 fully saturated rings. The van der Waals surface area contributed by atoms with Gasteiger partial charge >= 0.3 is 0 Å². The predicted molar refractivity (Wildman–Crippen MR) is 69.2 cm³/mol. The Balaban J connectivity index is 2.63. The van der Waals surface area contributed by atoms with Crippen LogP contribution in [0.1, 0.15) is 0 Å². The smallest absolute Gasteiger partial charge is 0.179 e. The van der Waals surface area contributed by atoms with E-state index in [1.165, 1.54) is 12.1 Å². The normalized spacial score (nSPS) is 11.7. The highest BCUT2D eigenvalue weighted by Crippen LogP contribution is 2.30. The molecule has 0 aliphatic heterocycles. The van der Waals surface area contributed by atoms with E-state index in [4.69, 9.17) is 5.73 Å². The summed E-state index contributed by atoms with van der Waals surface area (Å²) in [6, 6.07) is 4.14. The van der Waals surface area contributed by atoms with Gasteiger partial charge in [0.2, 0.25) is 0 Å². The van der Waals surface area contributed by atoms with Crippen molar-refractivity contribution in [2.75, 3.05) is 12.0 Å². The van der Waals surface area contributed by atoms with E-state index in [0.717, 1.165) is 12.3 Å². The maximum absolute atomic E-state index is 13.8. The molecule has 96 valence electrons. The van der Waals surface area contributed by atoms with E-state index in [-0.39, 0.29) is 15.2 Å². The largest absolute Gasteiger partial charge is 0.382 e. The van der Waals surface area contributed by atoms with Gasteiger partial charge in [0.05, 0.1) is 5.69 Å². The molecule has 0 unspecified atom stereocenters. The Labute approximate surface area is 111 Å². The summed E-state index contributed by atoms with van der Waals surface area (Å²) in [6.45, 7) is 0. The van der Waals surface area contributed by atoms with Crippen molar-refractivity contribution in [1.29, 1.82) is 0 Å². The zero-order chi connectivity index (χ0) is 13.5. The fourth-order valence-electron chi connectivity index (χ4n) is 1.55. The number of aromatic nitrogens is 2. The number of nitrogens with zero attached hydrogens (tertiary/aromatic N) is 1. The molecule has 18 heavy (non-hydrogen) atoms. The minimum atomic E-state index is -3.63. The Hall–Kier alpha value is -1.41. The summed E-state index contributed by atoms with van der Waals surface area (Å²) < 4.78 is 36.8. The molecule has 0 aliphatic rings. The maximum Gasteiger partial charge on any atom is 0.179 e. The average Bonchev–Trinajstić information content (AvgIpc) is 2.61. The minimum Gasteiger partial charge on any atom is -0.382 e. The number of nitrogens with one attached hydrogen (secondary N) is 1. The highest BCUT2D eigenvalue weighted by atomic mass is 79.9. The van der Waals surface area contributed by atoms with Crippen molar-refractivity contribution in [1.82, 2.24) is 10.2 Å². The van der Waals surface area contributed by atoms with Crippen LogP contribution < -0.4 is 5.73 Å². The first-order valence-corrected chi connectivity index (χ1v) is 7.48. The van der Waals surface area contributed by atoms with E-state index in [0.29, 0.717) is 11.3 Å². The van der Waals surface area contributed by atoms with E-state index in [9.17, 15) is 12.8 Å². The van der Waals surface area contributed by atoms with E-state index in [2.05, 4.69) is 26.1 Å². The molecule has 0 saturated heterocycles. The van der Waals surface area contributed by atoms with Crippen LogP contribution in [0.3, 0.4) is 0 Å². The van der Waals surface area contributed by atoms with Gasteiger partial charge in [0, 0.05) is 22.4 Å². The number of benzene rings is 1. The highest BCUT2D eigenvalue weighted by molar-refractivity contribution is 9.10. The fraction of sp³-hybridized carbons (Fsp3) is 0.100. The molecular weight excluding hydrogens is 325 g/mol. The molecule has 0 aliphatic carbocycles. The van der Waals surface area contributed by atoms with Crippen molar-refractivity contribution in [2.24, 2.45) is 0 Å². The van der Waals surface area contributed by atoms with Gasteiger partial charge in [-0.15, -0.1) is 0 Å². The minimum absolute atomic E-state index is 0.160. The van der Waals surface area contributed by atoms with Gasteiger partial charge in [-0.05, 0) is 28.1 Å². The molecule has 0 atom stereocenters. The third-order valence-electron chi connectivity index (χ3n) is 2.28. The summed E-state index contributed by atoms with van der Waals surface area (Å²) >= 11 is 3.05. The maximum atomic E-state index is 13.8. The summed E-state index contributed by atoms with van der Waals surface area (Å²) in [5.74, 6) is -0.552. The zero-order valence-electron chi connectivity index (χ0n) is 9.24. The number of hydrogen-bond acceptors (Lipinski definition) is 4. The van der Waals surface area contributed by atoms with Crippen LogP contribution in [0.4, 0.5) is 10.2 Å². The summed E-state index contributed by atoms with van der Waals surface area (Å²) in [5, 5.41) is 6.34. The van der Waals surface area contributed by atoms with E-state index >= 15 is 0 Å². The van der Waals surface area contributed by atoms with Crippen molar-refractivity contribution in [3.8, 4) is 11.3 Å². The van der Waals surface area contributed by atoms with Crippen molar-refractivity contribution < 1.29 is 12.8 Å². The Kier molecular flexibility index (Phi) is 3.16. The van der Waals surface area contributed by atoms with Crippen LogP contribution in [0.2, 0.25) is 0 Å². The summed E-state index contributed by atoms with van der Waals surface area (Å²) in [6.07, 6.45) is 0.948. The van der Waals surface area contributed by atoms with Crippen LogP contribution in [-0.4, -0.2) is 24.9 Å². The Morgan fingerprint density at radius 3 is 2.50 bits per heavy atom. The molecule has 1 aromatic carbocycles. The quantitative estimate of drug-likeness (QED) is 0.879. The number of H-pyrrole nitrogens is 1. The Morgan fingerprint density at radius 2 is 2.06 bits per heavy atom. The Morgan fingerprint density at radius 1 is 1.39 bits per heavy atom. The van der Waals surface area contributed by atoms with Crippen molar-refractivity contribution in [3.63, 3.8) is 0 Å². The second-order valence-electron chi connectivity index (χ2n) is 3.75. The van der Waals surface area contributed by atoms with Gasteiger partial charge in [-0.3, -0.25) is 5.10 Å². The van der Waals surface area contributed by atoms with E-state index in [1.54, 1.807) is 0 Å². The van der Waals surface area contributed by atoms with Crippen molar-refractivity contribution in [3.05, 3.63) is 28.5 Å².